The maximum absolute atomic E-state index is 13.3. The number of rotatable bonds is 5. The Bertz CT molecular complexity index is 981. The molecule has 0 aliphatic heterocycles. The maximum Gasteiger partial charge on any atom is 0.419 e. The van der Waals surface area contributed by atoms with E-state index < -0.39 is 17.6 Å². The van der Waals surface area contributed by atoms with Gasteiger partial charge in [-0.05, 0) is 36.6 Å². The number of hydrogen-bond donors (Lipinski definition) is 1. The van der Waals surface area contributed by atoms with Crippen LogP contribution in [0, 0.1) is 5.82 Å². The Balaban J connectivity index is 1.32. The van der Waals surface area contributed by atoms with Crippen LogP contribution in [0.3, 0.4) is 0 Å². The third-order valence-corrected chi connectivity index (χ3v) is 4.84. The molecule has 1 aliphatic carbocycles. The SMILES string of the molecule is Fc1ccc(OC2CC(NCc3cccc4cncnc34)C2)cc1C(F)(F)F. The molecule has 0 bridgehead atoms. The molecule has 0 saturated heterocycles. The minimum Gasteiger partial charge on any atom is -0.490 e. The lowest BCUT2D eigenvalue weighted by Gasteiger charge is -2.36. The molecule has 3 aromatic rings. The van der Waals surface area contributed by atoms with Crippen molar-refractivity contribution in [1.82, 2.24) is 15.3 Å². The molecule has 1 fully saturated rings. The summed E-state index contributed by atoms with van der Waals surface area (Å²) in [7, 11) is 0. The minimum atomic E-state index is -4.74. The molecule has 0 unspecified atom stereocenters. The second-order valence-electron chi connectivity index (χ2n) is 6.81. The van der Waals surface area contributed by atoms with Crippen molar-refractivity contribution >= 4 is 10.9 Å². The van der Waals surface area contributed by atoms with E-state index in [1.807, 2.05) is 18.2 Å². The number of para-hydroxylation sites is 1. The topological polar surface area (TPSA) is 47.0 Å². The molecular formula is C20H17F4N3O. The summed E-state index contributed by atoms with van der Waals surface area (Å²) < 4.78 is 57.3. The highest BCUT2D eigenvalue weighted by Crippen LogP contribution is 2.35. The lowest BCUT2D eigenvalue weighted by Crippen LogP contribution is -2.46. The van der Waals surface area contributed by atoms with Crippen LogP contribution in [0.5, 0.6) is 5.75 Å². The van der Waals surface area contributed by atoms with Gasteiger partial charge in [0, 0.05) is 24.2 Å². The number of fused-ring (bicyclic) bond motifs is 1. The second kappa shape index (κ2) is 7.35. The van der Waals surface area contributed by atoms with Crippen LogP contribution in [0.4, 0.5) is 17.6 Å². The molecule has 0 amide bonds. The third-order valence-electron chi connectivity index (χ3n) is 4.84. The molecule has 4 rings (SSSR count). The van der Waals surface area contributed by atoms with Gasteiger partial charge in [0.25, 0.3) is 0 Å². The maximum atomic E-state index is 13.3. The van der Waals surface area contributed by atoms with E-state index in [4.69, 9.17) is 4.74 Å². The van der Waals surface area contributed by atoms with Crippen LogP contribution >= 0.6 is 0 Å². The first-order valence-corrected chi connectivity index (χ1v) is 8.84. The fourth-order valence-electron chi connectivity index (χ4n) is 3.29. The summed E-state index contributed by atoms with van der Waals surface area (Å²) in [6, 6.07) is 8.81. The van der Waals surface area contributed by atoms with Gasteiger partial charge in [-0.15, -0.1) is 0 Å². The molecule has 4 nitrogen and oxygen atoms in total. The summed E-state index contributed by atoms with van der Waals surface area (Å²) in [4.78, 5) is 8.32. The number of benzene rings is 2. The van der Waals surface area contributed by atoms with Gasteiger partial charge in [-0.2, -0.15) is 13.2 Å². The van der Waals surface area contributed by atoms with Crippen molar-refractivity contribution in [1.29, 1.82) is 0 Å². The molecule has 0 spiro atoms. The molecule has 1 saturated carbocycles. The van der Waals surface area contributed by atoms with Gasteiger partial charge in [-0.1, -0.05) is 18.2 Å². The zero-order chi connectivity index (χ0) is 19.7. The fraction of sp³-hybridized carbons (Fsp3) is 0.300. The number of nitrogens with zero attached hydrogens (tertiary/aromatic N) is 2. The zero-order valence-electron chi connectivity index (χ0n) is 14.7. The van der Waals surface area contributed by atoms with Gasteiger partial charge in [0.1, 0.15) is 24.0 Å². The molecule has 1 aromatic heterocycles. The van der Waals surface area contributed by atoms with E-state index in [2.05, 4.69) is 15.3 Å². The van der Waals surface area contributed by atoms with Gasteiger partial charge in [0.05, 0.1) is 11.1 Å². The average molecular weight is 391 g/mol. The van der Waals surface area contributed by atoms with Gasteiger partial charge in [-0.3, -0.25) is 0 Å². The van der Waals surface area contributed by atoms with Crippen LogP contribution in [0.25, 0.3) is 10.9 Å². The number of halogens is 4. The quantitative estimate of drug-likeness (QED) is 0.651. The van der Waals surface area contributed by atoms with Gasteiger partial charge in [-0.25, -0.2) is 14.4 Å². The molecule has 146 valence electrons. The monoisotopic (exact) mass is 391 g/mol. The number of nitrogens with one attached hydrogen (secondary N) is 1. The van der Waals surface area contributed by atoms with E-state index in [1.165, 1.54) is 12.4 Å². The van der Waals surface area contributed by atoms with E-state index in [1.54, 1.807) is 6.20 Å². The lowest BCUT2D eigenvalue weighted by atomic mass is 9.89. The molecular weight excluding hydrogens is 374 g/mol. The van der Waals surface area contributed by atoms with Crippen molar-refractivity contribution in [2.75, 3.05) is 0 Å². The van der Waals surface area contributed by atoms with E-state index >= 15 is 0 Å². The van der Waals surface area contributed by atoms with E-state index in [0.717, 1.165) is 22.5 Å². The highest BCUT2D eigenvalue weighted by Gasteiger charge is 2.35. The summed E-state index contributed by atoms with van der Waals surface area (Å²) in [6.07, 6.45) is -0.334. The Morgan fingerprint density at radius 2 is 1.96 bits per heavy atom. The second-order valence-corrected chi connectivity index (χ2v) is 6.81. The summed E-state index contributed by atoms with van der Waals surface area (Å²) in [5.74, 6) is -1.27. The predicted molar refractivity (Wildman–Crippen MR) is 95.2 cm³/mol. The highest BCUT2D eigenvalue weighted by atomic mass is 19.4. The third kappa shape index (κ3) is 3.91. The first kappa shape index (κ1) is 18.6. The average Bonchev–Trinajstić information content (AvgIpc) is 2.64. The van der Waals surface area contributed by atoms with Crippen molar-refractivity contribution in [3.8, 4) is 5.75 Å². The Morgan fingerprint density at radius 1 is 1.14 bits per heavy atom. The molecule has 1 aliphatic rings. The van der Waals surface area contributed by atoms with Crippen LogP contribution in [0.15, 0.2) is 48.9 Å². The van der Waals surface area contributed by atoms with Crippen molar-refractivity contribution in [3.05, 3.63) is 65.9 Å². The summed E-state index contributed by atoms with van der Waals surface area (Å²) >= 11 is 0. The van der Waals surface area contributed by atoms with Crippen LogP contribution < -0.4 is 10.1 Å². The van der Waals surface area contributed by atoms with E-state index in [9.17, 15) is 17.6 Å². The molecule has 1 heterocycles. The number of ether oxygens (including phenoxy) is 1. The number of alkyl halides is 3. The van der Waals surface area contributed by atoms with Crippen LogP contribution in [0.1, 0.15) is 24.0 Å². The van der Waals surface area contributed by atoms with Gasteiger partial charge < -0.3 is 10.1 Å². The normalized spacial score (nSPS) is 19.4. The van der Waals surface area contributed by atoms with Crippen LogP contribution in [-0.4, -0.2) is 22.1 Å². The Morgan fingerprint density at radius 3 is 2.75 bits per heavy atom. The summed E-state index contributed by atoms with van der Waals surface area (Å²) in [5.41, 5.74) is 0.637. The number of aromatic nitrogens is 2. The Labute approximate surface area is 158 Å². The largest absolute Gasteiger partial charge is 0.490 e. The summed E-state index contributed by atoms with van der Waals surface area (Å²) in [5, 5.41) is 4.37. The predicted octanol–water partition coefficient (Wildman–Crippen LogP) is 4.49. The van der Waals surface area contributed by atoms with Crippen molar-refractivity contribution < 1.29 is 22.3 Å². The minimum absolute atomic E-state index is 0.0305. The molecule has 0 radical (unpaired) electrons. The fourth-order valence-corrected chi connectivity index (χ4v) is 3.29. The standard InChI is InChI=1S/C20H17F4N3O/c21-18-5-4-15(8-17(18)20(22,23)24)28-16-6-14(7-16)26-10-13-3-1-2-12-9-25-11-27-19(12)13/h1-5,8-9,11,14,16,26H,6-7,10H2. The highest BCUT2D eigenvalue weighted by molar-refractivity contribution is 5.80. The first-order chi connectivity index (χ1) is 13.4. The van der Waals surface area contributed by atoms with E-state index in [0.29, 0.717) is 25.5 Å². The lowest BCUT2D eigenvalue weighted by molar-refractivity contribution is -0.140. The van der Waals surface area contributed by atoms with Crippen LogP contribution in [0.2, 0.25) is 0 Å². The first-order valence-electron chi connectivity index (χ1n) is 8.84. The van der Waals surface area contributed by atoms with Crippen molar-refractivity contribution in [2.45, 2.75) is 37.7 Å². The zero-order valence-corrected chi connectivity index (χ0v) is 14.7. The molecule has 28 heavy (non-hydrogen) atoms. The Kier molecular flexibility index (Phi) is 4.89. The molecule has 2 aromatic carbocycles. The van der Waals surface area contributed by atoms with Crippen molar-refractivity contribution in [2.24, 2.45) is 0 Å². The molecule has 0 atom stereocenters. The number of hydrogen-bond acceptors (Lipinski definition) is 4. The van der Waals surface area contributed by atoms with Gasteiger partial charge in [0.15, 0.2) is 0 Å². The van der Waals surface area contributed by atoms with E-state index in [-0.39, 0.29) is 17.9 Å². The van der Waals surface area contributed by atoms with Gasteiger partial charge >= 0.3 is 6.18 Å². The smallest absolute Gasteiger partial charge is 0.419 e. The van der Waals surface area contributed by atoms with Crippen molar-refractivity contribution in [3.63, 3.8) is 0 Å². The molecule has 1 N–H and O–H groups in total. The van der Waals surface area contributed by atoms with Gasteiger partial charge in [0.2, 0.25) is 0 Å². The Hall–Kier alpha value is -2.74. The summed E-state index contributed by atoms with van der Waals surface area (Å²) in [6.45, 7) is 0.626. The van der Waals surface area contributed by atoms with Crippen LogP contribution in [-0.2, 0) is 12.7 Å². The molecule has 8 heteroatoms.